The summed E-state index contributed by atoms with van der Waals surface area (Å²) in [5.41, 5.74) is -0.0934. The first-order valence-electron chi connectivity index (χ1n) is 8.89. The third-order valence-corrected chi connectivity index (χ3v) is 4.41. The van der Waals surface area contributed by atoms with Crippen LogP contribution in [0.2, 0.25) is 0 Å². The van der Waals surface area contributed by atoms with E-state index in [0.717, 1.165) is 44.7 Å². The highest BCUT2D eigenvalue weighted by molar-refractivity contribution is 5.79. The van der Waals surface area contributed by atoms with Gasteiger partial charge in [-0.1, -0.05) is 19.8 Å². The fraction of sp³-hybridized carbons (Fsp3) is 0.941. The Bertz CT molecular complexity index is 339. The Morgan fingerprint density at radius 1 is 1.26 bits per heavy atom. The largest absolute Gasteiger partial charge is 0.392 e. The zero-order chi connectivity index (χ0) is 17.0. The average Bonchev–Trinajstić information content (AvgIpc) is 2.54. The molecule has 0 heterocycles. The predicted molar refractivity (Wildman–Crippen MR) is 93.9 cm³/mol. The maximum atomic E-state index is 10.3. The molecule has 1 rings (SSSR count). The third-order valence-electron chi connectivity index (χ3n) is 4.41. The second-order valence-electron chi connectivity index (χ2n) is 6.50. The van der Waals surface area contributed by atoms with E-state index in [2.05, 4.69) is 29.5 Å². The number of hydrogen-bond donors (Lipinski definition) is 3. The summed E-state index contributed by atoms with van der Waals surface area (Å²) in [6.07, 6.45) is 4.94. The van der Waals surface area contributed by atoms with E-state index in [4.69, 9.17) is 9.47 Å². The standard InChI is InChI=1S/C17H35N3O3/c1-4-18-16(19-10-7-11-23-13-12-22-3)20-14-17(2)9-6-5-8-15(17)21/h15,21H,4-14H2,1-3H3,(H2,18,19,20). The fourth-order valence-corrected chi connectivity index (χ4v) is 2.79. The first-order chi connectivity index (χ1) is 11.1. The van der Waals surface area contributed by atoms with Gasteiger partial charge in [0.25, 0.3) is 0 Å². The van der Waals surface area contributed by atoms with Gasteiger partial charge in [-0.2, -0.15) is 0 Å². The number of aliphatic hydroxyl groups excluding tert-OH is 1. The molecule has 0 radical (unpaired) electrons. The molecule has 23 heavy (non-hydrogen) atoms. The molecule has 6 nitrogen and oxygen atoms in total. The molecule has 0 aromatic carbocycles. The van der Waals surface area contributed by atoms with Crippen molar-refractivity contribution in [2.24, 2.45) is 10.4 Å². The summed E-state index contributed by atoms with van der Waals surface area (Å²) in [4.78, 5) is 4.68. The van der Waals surface area contributed by atoms with Crippen molar-refractivity contribution in [3.05, 3.63) is 0 Å². The van der Waals surface area contributed by atoms with Crippen LogP contribution in [0.3, 0.4) is 0 Å². The van der Waals surface area contributed by atoms with Gasteiger partial charge in [0.15, 0.2) is 5.96 Å². The topological polar surface area (TPSA) is 75.1 Å². The van der Waals surface area contributed by atoms with E-state index in [-0.39, 0.29) is 11.5 Å². The lowest BCUT2D eigenvalue weighted by Gasteiger charge is -2.37. The molecule has 3 N–H and O–H groups in total. The van der Waals surface area contributed by atoms with Crippen molar-refractivity contribution in [1.29, 1.82) is 0 Å². The summed E-state index contributed by atoms with van der Waals surface area (Å²) < 4.78 is 10.4. The Kier molecular flexibility index (Phi) is 10.2. The van der Waals surface area contributed by atoms with Crippen molar-refractivity contribution < 1.29 is 14.6 Å². The molecular formula is C17H35N3O3. The van der Waals surface area contributed by atoms with Crippen molar-refractivity contribution >= 4 is 5.96 Å². The monoisotopic (exact) mass is 329 g/mol. The summed E-state index contributed by atoms with van der Waals surface area (Å²) in [7, 11) is 1.67. The number of methoxy groups -OCH3 is 1. The lowest BCUT2D eigenvalue weighted by molar-refractivity contribution is 0.00716. The first kappa shape index (κ1) is 20.2. The molecule has 1 aliphatic rings. The molecule has 0 bridgehead atoms. The van der Waals surface area contributed by atoms with E-state index in [1.54, 1.807) is 7.11 Å². The van der Waals surface area contributed by atoms with Crippen LogP contribution in [0.4, 0.5) is 0 Å². The summed E-state index contributed by atoms with van der Waals surface area (Å²) in [5.74, 6) is 0.823. The normalized spacial score (nSPS) is 25.4. The van der Waals surface area contributed by atoms with E-state index in [1.165, 1.54) is 6.42 Å². The van der Waals surface area contributed by atoms with E-state index >= 15 is 0 Å². The van der Waals surface area contributed by atoms with E-state index in [1.807, 2.05) is 0 Å². The van der Waals surface area contributed by atoms with Crippen LogP contribution < -0.4 is 10.6 Å². The maximum Gasteiger partial charge on any atom is 0.191 e. The van der Waals surface area contributed by atoms with E-state index < -0.39 is 0 Å². The summed E-state index contributed by atoms with van der Waals surface area (Å²) in [5, 5.41) is 16.8. The van der Waals surface area contributed by atoms with Gasteiger partial charge in [0, 0.05) is 32.2 Å². The van der Waals surface area contributed by atoms with Crippen LogP contribution in [0.15, 0.2) is 4.99 Å². The van der Waals surface area contributed by atoms with Gasteiger partial charge in [-0.15, -0.1) is 0 Å². The SMILES string of the molecule is CCNC(=NCC1(C)CCCCC1O)NCCCOCCOC. The summed E-state index contributed by atoms with van der Waals surface area (Å²) >= 11 is 0. The molecular weight excluding hydrogens is 294 g/mol. The Morgan fingerprint density at radius 2 is 2.09 bits per heavy atom. The van der Waals surface area contributed by atoms with Crippen molar-refractivity contribution in [3.8, 4) is 0 Å². The second-order valence-corrected chi connectivity index (χ2v) is 6.50. The van der Waals surface area contributed by atoms with Crippen molar-refractivity contribution in [1.82, 2.24) is 10.6 Å². The average molecular weight is 329 g/mol. The number of guanidine groups is 1. The first-order valence-corrected chi connectivity index (χ1v) is 8.89. The number of hydrogen-bond acceptors (Lipinski definition) is 4. The molecule has 0 aromatic rings. The minimum absolute atomic E-state index is 0.0934. The highest BCUT2D eigenvalue weighted by Gasteiger charge is 2.35. The molecule has 1 aliphatic carbocycles. The zero-order valence-electron chi connectivity index (χ0n) is 15.1. The molecule has 136 valence electrons. The van der Waals surface area contributed by atoms with Crippen molar-refractivity contribution in [2.45, 2.75) is 52.1 Å². The lowest BCUT2D eigenvalue weighted by atomic mass is 9.73. The van der Waals surface area contributed by atoms with Gasteiger partial charge < -0.3 is 25.2 Å². The summed E-state index contributed by atoms with van der Waals surface area (Å²) in [6, 6.07) is 0. The van der Waals surface area contributed by atoms with Gasteiger partial charge in [-0.3, -0.25) is 4.99 Å². The minimum atomic E-state index is -0.239. The molecule has 0 amide bonds. The minimum Gasteiger partial charge on any atom is -0.392 e. The molecule has 1 saturated carbocycles. The molecule has 6 heteroatoms. The number of aliphatic hydroxyl groups is 1. The second kappa shape index (κ2) is 11.6. The third kappa shape index (κ3) is 7.99. The number of rotatable bonds is 10. The number of aliphatic imine (C=N–C) groups is 1. The number of nitrogens with zero attached hydrogens (tertiary/aromatic N) is 1. The van der Waals surface area contributed by atoms with Crippen LogP contribution in [-0.2, 0) is 9.47 Å². The molecule has 2 atom stereocenters. The van der Waals surface area contributed by atoms with Gasteiger partial charge in [0.2, 0.25) is 0 Å². The van der Waals surface area contributed by atoms with Crippen LogP contribution >= 0.6 is 0 Å². The van der Waals surface area contributed by atoms with Gasteiger partial charge in [-0.05, 0) is 26.2 Å². The lowest BCUT2D eigenvalue weighted by Crippen LogP contribution is -2.42. The number of ether oxygens (including phenoxy) is 2. The Morgan fingerprint density at radius 3 is 2.78 bits per heavy atom. The van der Waals surface area contributed by atoms with Crippen molar-refractivity contribution in [2.75, 3.05) is 46.6 Å². The highest BCUT2D eigenvalue weighted by atomic mass is 16.5. The highest BCUT2D eigenvalue weighted by Crippen LogP contribution is 2.36. The Balaban J connectivity index is 2.32. The van der Waals surface area contributed by atoms with E-state index in [9.17, 15) is 5.11 Å². The molecule has 0 saturated heterocycles. The summed E-state index contributed by atoms with van der Waals surface area (Å²) in [6.45, 7) is 8.50. The molecule has 1 fully saturated rings. The zero-order valence-corrected chi connectivity index (χ0v) is 15.1. The van der Waals surface area contributed by atoms with Crippen LogP contribution in [0, 0.1) is 5.41 Å². The predicted octanol–water partition coefficient (Wildman–Crippen LogP) is 1.54. The van der Waals surface area contributed by atoms with Crippen LogP contribution in [0.5, 0.6) is 0 Å². The quantitative estimate of drug-likeness (QED) is 0.322. The van der Waals surface area contributed by atoms with Crippen LogP contribution in [0.25, 0.3) is 0 Å². The van der Waals surface area contributed by atoms with Crippen molar-refractivity contribution in [3.63, 3.8) is 0 Å². The Hall–Kier alpha value is -0.850. The van der Waals surface area contributed by atoms with Crippen LogP contribution in [-0.4, -0.2) is 63.7 Å². The molecule has 0 aromatic heterocycles. The van der Waals surface area contributed by atoms with Gasteiger partial charge in [0.1, 0.15) is 0 Å². The van der Waals surface area contributed by atoms with Gasteiger partial charge in [-0.25, -0.2) is 0 Å². The van der Waals surface area contributed by atoms with Crippen LogP contribution in [0.1, 0.15) is 46.0 Å². The maximum absolute atomic E-state index is 10.3. The molecule has 2 unspecified atom stereocenters. The van der Waals surface area contributed by atoms with Gasteiger partial charge in [0.05, 0.1) is 25.9 Å². The number of nitrogens with one attached hydrogen (secondary N) is 2. The van der Waals surface area contributed by atoms with Gasteiger partial charge >= 0.3 is 0 Å². The Labute approximate surface area is 141 Å². The molecule has 0 aliphatic heterocycles. The smallest absolute Gasteiger partial charge is 0.191 e. The van der Waals surface area contributed by atoms with E-state index in [0.29, 0.717) is 26.4 Å². The molecule has 0 spiro atoms. The fourth-order valence-electron chi connectivity index (χ4n) is 2.79.